The standard InChI is InChI=1S/C15H19NO4/c1-15(20,8-13(17)18)9-16-14(19)12-6-5-10-3-2-4-11(10)7-12/h5-7,20H,2-4,8-9H2,1H3,(H,16,19)(H,17,18). The monoisotopic (exact) mass is 277 g/mol. The molecule has 1 aliphatic carbocycles. The summed E-state index contributed by atoms with van der Waals surface area (Å²) in [5, 5.41) is 21.1. The molecule has 0 saturated heterocycles. The van der Waals surface area contributed by atoms with Gasteiger partial charge in [-0.3, -0.25) is 9.59 Å². The highest BCUT2D eigenvalue weighted by Crippen LogP contribution is 2.22. The number of carboxylic acids is 1. The molecule has 0 radical (unpaired) electrons. The predicted molar refractivity (Wildman–Crippen MR) is 73.7 cm³/mol. The third-order valence-electron chi connectivity index (χ3n) is 3.52. The van der Waals surface area contributed by atoms with Crippen LogP contribution < -0.4 is 5.32 Å². The fourth-order valence-electron chi connectivity index (χ4n) is 2.47. The zero-order chi connectivity index (χ0) is 14.8. The van der Waals surface area contributed by atoms with Crippen molar-refractivity contribution in [1.82, 2.24) is 5.32 Å². The minimum atomic E-state index is -1.45. The molecule has 20 heavy (non-hydrogen) atoms. The van der Waals surface area contributed by atoms with E-state index >= 15 is 0 Å². The average molecular weight is 277 g/mol. The highest BCUT2D eigenvalue weighted by atomic mass is 16.4. The normalized spacial score (nSPS) is 16.3. The number of hydrogen-bond donors (Lipinski definition) is 3. The van der Waals surface area contributed by atoms with E-state index in [2.05, 4.69) is 5.32 Å². The molecule has 5 heteroatoms. The lowest BCUT2D eigenvalue weighted by molar-refractivity contribution is -0.141. The van der Waals surface area contributed by atoms with E-state index in [1.54, 1.807) is 6.07 Å². The number of aryl methyl sites for hydroxylation is 2. The van der Waals surface area contributed by atoms with Crippen molar-refractivity contribution in [2.75, 3.05) is 6.54 Å². The van der Waals surface area contributed by atoms with Gasteiger partial charge < -0.3 is 15.5 Å². The molecular formula is C15H19NO4. The molecule has 1 aromatic rings. The highest BCUT2D eigenvalue weighted by Gasteiger charge is 2.25. The van der Waals surface area contributed by atoms with Crippen molar-refractivity contribution in [2.45, 2.75) is 38.2 Å². The molecule has 1 unspecified atom stereocenters. The number of carboxylic acid groups (broad SMARTS) is 1. The predicted octanol–water partition coefficient (Wildman–Crippen LogP) is 1.13. The van der Waals surface area contributed by atoms with Crippen LogP contribution in [0.4, 0.5) is 0 Å². The number of fused-ring (bicyclic) bond motifs is 1. The van der Waals surface area contributed by atoms with Gasteiger partial charge in [-0.2, -0.15) is 0 Å². The van der Waals surface area contributed by atoms with Crippen LogP contribution in [0.1, 0.15) is 41.3 Å². The van der Waals surface area contributed by atoms with Gasteiger partial charge >= 0.3 is 5.97 Å². The molecule has 3 N–H and O–H groups in total. The van der Waals surface area contributed by atoms with E-state index < -0.39 is 18.0 Å². The third-order valence-corrected chi connectivity index (χ3v) is 3.52. The second-order valence-electron chi connectivity index (χ2n) is 5.59. The van der Waals surface area contributed by atoms with Gasteiger partial charge in [-0.25, -0.2) is 0 Å². The Hall–Kier alpha value is -1.88. The summed E-state index contributed by atoms with van der Waals surface area (Å²) in [4.78, 5) is 22.6. The van der Waals surface area contributed by atoms with Crippen molar-refractivity contribution in [1.29, 1.82) is 0 Å². The van der Waals surface area contributed by atoms with Gasteiger partial charge in [0.05, 0.1) is 12.0 Å². The molecule has 1 amide bonds. The van der Waals surface area contributed by atoms with Crippen LogP contribution in [0.15, 0.2) is 18.2 Å². The first-order valence-corrected chi connectivity index (χ1v) is 6.71. The maximum Gasteiger partial charge on any atom is 0.306 e. The minimum Gasteiger partial charge on any atom is -0.481 e. The molecule has 1 atom stereocenters. The number of aliphatic carboxylic acids is 1. The largest absolute Gasteiger partial charge is 0.481 e. The van der Waals surface area contributed by atoms with Crippen LogP contribution in [0.5, 0.6) is 0 Å². The van der Waals surface area contributed by atoms with E-state index in [0.717, 1.165) is 19.3 Å². The summed E-state index contributed by atoms with van der Waals surface area (Å²) in [6, 6.07) is 5.61. The average Bonchev–Trinajstić information content (AvgIpc) is 2.81. The summed E-state index contributed by atoms with van der Waals surface area (Å²) in [5.41, 5.74) is 1.60. The zero-order valence-corrected chi connectivity index (χ0v) is 11.5. The Morgan fingerprint density at radius 3 is 2.70 bits per heavy atom. The van der Waals surface area contributed by atoms with Crippen LogP contribution in [-0.4, -0.2) is 34.2 Å². The maximum absolute atomic E-state index is 12.0. The van der Waals surface area contributed by atoms with Crippen molar-refractivity contribution >= 4 is 11.9 Å². The molecule has 0 bridgehead atoms. The first-order chi connectivity index (χ1) is 9.37. The second kappa shape index (κ2) is 5.63. The van der Waals surface area contributed by atoms with Gasteiger partial charge in [-0.1, -0.05) is 6.07 Å². The van der Waals surface area contributed by atoms with E-state index in [0.29, 0.717) is 5.56 Å². The number of carbonyl (C=O) groups is 2. The third kappa shape index (κ3) is 3.57. The fraction of sp³-hybridized carbons (Fsp3) is 0.467. The highest BCUT2D eigenvalue weighted by molar-refractivity contribution is 5.94. The number of aliphatic hydroxyl groups is 1. The molecule has 108 valence electrons. The number of benzene rings is 1. The van der Waals surface area contributed by atoms with Gasteiger partial charge in [0, 0.05) is 12.1 Å². The molecule has 0 spiro atoms. The van der Waals surface area contributed by atoms with Crippen LogP contribution in [0.3, 0.4) is 0 Å². The Labute approximate surface area is 117 Å². The second-order valence-corrected chi connectivity index (χ2v) is 5.59. The number of rotatable bonds is 5. The molecule has 0 saturated carbocycles. The zero-order valence-electron chi connectivity index (χ0n) is 11.5. The maximum atomic E-state index is 12.0. The summed E-state index contributed by atoms with van der Waals surface area (Å²) in [5.74, 6) is -1.38. The number of nitrogens with one attached hydrogen (secondary N) is 1. The van der Waals surface area contributed by atoms with Crippen LogP contribution >= 0.6 is 0 Å². The van der Waals surface area contributed by atoms with Crippen molar-refractivity contribution < 1.29 is 19.8 Å². The molecule has 0 heterocycles. The Kier molecular flexibility index (Phi) is 4.09. The first-order valence-electron chi connectivity index (χ1n) is 6.71. The minimum absolute atomic E-state index is 0.0881. The van der Waals surface area contributed by atoms with Crippen LogP contribution in [0.25, 0.3) is 0 Å². The lowest BCUT2D eigenvalue weighted by Gasteiger charge is -2.21. The van der Waals surface area contributed by atoms with E-state index in [-0.39, 0.29) is 12.5 Å². The Morgan fingerprint density at radius 1 is 1.30 bits per heavy atom. The van der Waals surface area contributed by atoms with Crippen molar-refractivity contribution in [3.63, 3.8) is 0 Å². The van der Waals surface area contributed by atoms with Crippen LogP contribution in [-0.2, 0) is 17.6 Å². The Morgan fingerprint density at radius 2 is 2.00 bits per heavy atom. The lowest BCUT2D eigenvalue weighted by atomic mass is 10.0. The van der Waals surface area contributed by atoms with Gasteiger partial charge in [0.2, 0.25) is 0 Å². The number of amides is 1. The van der Waals surface area contributed by atoms with Gasteiger partial charge in [-0.15, -0.1) is 0 Å². The summed E-state index contributed by atoms with van der Waals surface area (Å²) in [6.07, 6.45) is 2.77. The summed E-state index contributed by atoms with van der Waals surface area (Å²) < 4.78 is 0. The first kappa shape index (κ1) is 14.5. The van der Waals surface area contributed by atoms with Crippen LogP contribution in [0, 0.1) is 0 Å². The summed E-state index contributed by atoms with van der Waals surface area (Å²) in [6.45, 7) is 1.30. The molecule has 0 aliphatic heterocycles. The summed E-state index contributed by atoms with van der Waals surface area (Å²) >= 11 is 0. The van der Waals surface area contributed by atoms with Gasteiger partial charge in [-0.05, 0) is 49.4 Å². The molecule has 5 nitrogen and oxygen atoms in total. The van der Waals surface area contributed by atoms with Crippen molar-refractivity contribution in [2.24, 2.45) is 0 Å². The summed E-state index contributed by atoms with van der Waals surface area (Å²) in [7, 11) is 0. The van der Waals surface area contributed by atoms with E-state index in [1.807, 2.05) is 12.1 Å². The molecule has 0 aromatic heterocycles. The van der Waals surface area contributed by atoms with Gasteiger partial charge in [0.25, 0.3) is 5.91 Å². The topological polar surface area (TPSA) is 86.6 Å². The smallest absolute Gasteiger partial charge is 0.306 e. The molecule has 2 rings (SSSR count). The lowest BCUT2D eigenvalue weighted by Crippen LogP contribution is -2.42. The van der Waals surface area contributed by atoms with E-state index in [9.17, 15) is 14.7 Å². The van der Waals surface area contributed by atoms with Crippen molar-refractivity contribution in [3.8, 4) is 0 Å². The molecule has 1 aromatic carbocycles. The van der Waals surface area contributed by atoms with Gasteiger partial charge in [0.1, 0.15) is 0 Å². The molecular weight excluding hydrogens is 258 g/mol. The SMILES string of the molecule is CC(O)(CNC(=O)c1ccc2c(c1)CCC2)CC(=O)O. The fourth-order valence-corrected chi connectivity index (χ4v) is 2.47. The Balaban J connectivity index is 1.97. The van der Waals surface area contributed by atoms with Crippen molar-refractivity contribution in [3.05, 3.63) is 34.9 Å². The number of carbonyl (C=O) groups excluding carboxylic acids is 1. The van der Waals surface area contributed by atoms with E-state index in [4.69, 9.17) is 5.11 Å². The molecule has 1 aliphatic rings. The molecule has 0 fully saturated rings. The van der Waals surface area contributed by atoms with Gasteiger partial charge in [0.15, 0.2) is 0 Å². The Bertz CT molecular complexity index is 537. The quantitative estimate of drug-likeness (QED) is 0.753. The van der Waals surface area contributed by atoms with E-state index in [1.165, 1.54) is 18.1 Å². The number of hydrogen-bond acceptors (Lipinski definition) is 3. The van der Waals surface area contributed by atoms with Crippen LogP contribution in [0.2, 0.25) is 0 Å².